The number of phenols is 1. The first kappa shape index (κ1) is 29.0. The van der Waals surface area contributed by atoms with Gasteiger partial charge in [-0.2, -0.15) is 10.1 Å². The third-order valence-corrected chi connectivity index (χ3v) is 10.0. The Balaban J connectivity index is 1.48. The summed E-state index contributed by atoms with van der Waals surface area (Å²) in [7, 11) is 1.39. The quantitative estimate of drug-likeness (QED) is 0.212. The van der Waals surface area contributed by atoms with E-state index in [0.29, 0.717) is 27.4 Å². The number of hydrazine groups is 1. The van der Waals surface area contributed by atoms with Gasteiger partial charge in [0.25, 0.3) is 23.6 Å². The second-order valence-electron chi connectivity index (χ2n) is 11.8. The number of imide groups is 2. The fraction of sp³-hybridized carbons (Fsp3) is 0.273. The van der Waals surface area contributed by atoms with E-state index in [0.717, 1.165) is 5.01 Å². The molecule has 12 heteroatoms. The largest absolute Gasteiger partial charge is 0.504 e. The van der Waals surface area contributed by atoms with Crippen molar-refractivity contribution in [1.29, 1.82) is 0 Å². The van der Waals surface area contributed by atoms with E-state index in [-0.39, 0.29) is 29.4 Å². The van der Waals surface area contributed by atoms with Crippen molar-refractivity contribution in [3.05, 3.63) is 100 Å². The lowest BCUT2D eigenvalue weighted by Crippen LogP contribution is -2.53. The van der Waals surface area contributed by atoms with Crippen LogP contribution in [0, 0.1) is 29.5 Å². The van der Waals surface area contributed by atoms with Crippen molar-refractivity contribution in [1.82, 2.24) is 10.1 Å². The topological polar surface area (TPSA) is 136 Å². The van der Waals surface area contributed by atoms with Gasteiger partial charge in [0, 0.05) is 10.9 Å². The number of hydrogen-bond acceptors (Lipinski definition) is 8. The zero-order valence-corrected chi connectivity index (χ0v) is 24.6. The van der Waals surface area contributed by atoms with E-state index in [1.807, 2.05) is 6.08 Å². The monoisotopic (exact) mass is 631 g/mol. The maximum atomic E-state index is 15.0. The third-order valence-electron chi connectivity index (χ3n) is 9.77. The molecule has 6 unspecified atom stereocenters. The van der Waals surface area contributed by atoms with E-state index >= 15 is 0 Å². The minimum absolute atomic E-state index is 0.0282. The molecule has 0 radical (unpaired) electrons. The standard InChI is InChI=1S/C33H27ClFN3O7/c1-45-26-14-16(2-13-25(26)39)28-21-11-12-22-27(31(42)38(44)29(22)40)23(21)15-24-30(41)37(36-20-9-7-19(35)8-10-20)32(43)33(24,28)17-3-5-18(34)6-4-17/h2-11,13-14,22-24,27-28,36,39,44H,12,15H2,1H3. The van der Waals surface area contributed by atoms with Crippen LogP contribution in [0.25, 0.3) is 0 Å². The van der Waals surface area contributed by atoms with Gasteiger partial charge in [0.2, 0.25) is 0 Å². The van der Waals surface area contributed by atoms with Crippen molar-refractivity contribution in [3.8, 4) is 11.5 Å². The van der Waals surface area contributed by atoms with Crippen LogP contribution in [0.15, 0.2) is 78.4 Å². The summed E-state index contributed by atoms with van der Waals surface area (Å²) in [5.41, 5.74) is 3.29. The van der Waals surface area contributed by atoms with Gasteiger partial charge in [-0.1, -0.05) is 41.4 Å². The molecule has 0 aromatic heterocycles. The molecule has 3 aromatic rings. The van der Waals surface area contributed by atoms with Crippen LogP contribution in [0.1, 0.15) is 29.9 Å². The van der Waals surface area contributed by atoms with Gasteiger partial charge in [-0.3, -0.25) is 29.8 Å². The number of carbonyl (C=O) groups excluding carboxylic acids is 4. The SMILES string of the molecule is COc1cc(C2C3=CCC4C(=O)N(O)C(=O)C4C3CC3C(=O)N(Nc4ccc(F)cc4)C(=O)C32c2ccc(Cl)cc2)ccc1O. The van der Waals surface area contributed by atoms with Gasteiger partial charge in [-0.15, -0.1) is 0 Å². The van der Waals surface area contributed by atoms with Gasteiger partial charge in [-0.05, 0) is 78.4 Å². The van der Waals surface area contributed by atoms with Crippen molar-refractivity contribution in [2.45, 2.75) is 24.2 Å². The van der Waals surface area contributed by atoms with Crippen molar-refractivity contribution >= 4 is 40.9 Å². The molecule has 2 heterocycles. The summed E-state index contributed by atoms with van der Waals surface area (Å²) in [4.78, 5) is 55.6. The first-order valence-corrected chi connectivity index (χ1v) is 14.8. The molecule has 7 rings (SSSR count). The van der Waals surface area contributed by atoms with Crippen molar-refractivity contribution in [2.24, 2.45) is 23.7 Å². The highest BCUT2D eigenvalue weighted by Gasteiger charge is 2.70. The molecule has 230 valence electrons. The van der Waals surface area contributed by atoms with Crippen molar-refractivity contribution in [2.75, 3.05) is 12.5 Å². The Kier molecular flexibility index (Phi) is 6.72. The van der Waals surface area contributed by atoms with E-state index in [9.17, 15) is 33.9 Å². The summed E-state index contributed by atoms with van der Waals surface area (Å²) in [6, 6.07) is 16.5. The smallest absolute Gasteiger partial charge is 0.260 e. The molecule has 6 atom stereocenters. The van der Waals surface area contributed by atoms with Crippen LogP contribution in [0.5, 0.6) is 11.5 Å². The second-order valence-corrected chi connectivity index (χ2v) is 12.2. The number of carbonyl (C=O) groups is 4. The molecule has 45 heavy (non-hydrogen) atoms. The average Bonchev–Trinajstić information content (AvgIpc) is 3.39. The first-order chi connectivity index (χ1) is 21.6. The van der Waals surface area contributed by atoms with Gasteiger partial charge in [0.15, 0.2) is 11.5 Å². The fourth-order valence-corrected chi connectivity index (χ4v) is 8.01. The lowest BCUT2D eigenvalue weighted by molar-refractivity contribution is -0.173. The molecule has 3 fully saturated rings. The van der Waals surface area contributed by atoms with Crippen LogP contribution in [0.3, 0.4) is 0 Å². The van der Waals surface area contributed by atoms with Crippen LogP contribution in [-0.2, 0) is 24.6 Å². The van der Waals surface area contributed by atoms with Gasteiger partial charge in [0.05, 0.1) is 36.0 Å². The van der Waals surface area contributed by atoms with Crippen LogP contribution >= 0.6 is 11.6 Å². The van der Waals surface area contributed by atoms with Gasteiger partial charge in [-0.25, -0.2) is 4.39 Å². The second kappa shape index (κ2) is 10.4. The molecule has 4 amide bonds. The van der Waals surface area contributed by atoms with Gasteiger partial charge >= 0.3 is 0 Å². The predicted molar refractivity (Wildman–Crippen MR) is 157 cm³/mol. The summed E-state index contributed by atoms with van der Waals surface area (Å²) < 4.78 is 19.1. The Hall–Kier alpha value is -4.74. The number of phenolic OH excluding ortho intramolecular Hbond substituents is 1. The van der Waals surface area contributed by atoms with Crippen LogP contribution in [0.4, 0.5) is 10.1 Å². The number of aromatic hydroxyl groups is 1. The highest BCUT2D eigenvalue weighted by Crippen LogP contribution is 2.64. The number of nitrogens with one attached hydrogen (secondary N) is 1. The molecular formula is C33H27ClFN3O7. The van der Waals surface area contributed by atoms with Crippen molar-refractivity contribution < 1.29 is 38.6 Å². The zero-order chi connectivity index (χ0) is 31.8. The number of amides is 4. The summed E-state index contributed by atoms with van der Waals surface area (Å²) in [5, 5.41) is 22.3. The summed E-state index contributed by atoms with van der Waals surface area (Å²) >= 11 is 6.27. The number of methoxy groups -OCH3 is 1. The van der Waals surface area contributed by atoms with E-state index in [2.05, 4.69) is 5.43 Å². The lowest BCUT2D eigenvalue weighted by atomic mass is 9.49. The van der Waals surface area contributed by atoms with Crippen LogP contribution in [-0.4, -0.2) is 51.1 Å². The Labute approximate surface area is 261 Å². The number of halogens is 2. The Bertz CT molecular complexity index is 1800. The van der Waals surface area contributed by atoms with E-state index in [1.54, 1.807) is 36.4 Å². The Morgan fingerprint density at radius 2 is 1.67 bits per heavy atom. The Morgan fingerprint density at radius 3 is 2.36 bits per heavy atom. The number of rotatable bonds is 5. The number of hydrogen-bond donors (Lipinski definition) is 3. The summed E-state index contributed by atoms with van der Waals surface area (Å²) in [6.45, 7) is 0. The predicted octanol–water partition coefficient (Wildman–Crippen LogP) is 4.57. The molecule has 10 nitrogen and oxygen atoms in total. The van der Waals surface area contributed by atoms with Crippen LogP contribution < -0.4 is 10.2 Å². The maximum Gasteiger partial charge on any atom is 0.260 e. The third kappa shape index (κ3) is 4.10. The number of nitrogens with zero attached hydrogens (tertiary/aromatic N) is 2. The van der Waals surface area contributed by atoms with E-state index < -0.39 is 64.5 Å². The normalized spacial score (nSPS) is 28.9. The highest BCUT2D eigenvalue weighted by molar-refractivity contribution is 6.30. The molecule has 0 spiro atoms. The average molecular weight is 632 g/mol. The van der Waals surface area contributed by atoms with Gasteiger partial charge in [0.1, 0.15) is 5.82 Å². The lowest BCUT2D eigenvalue weighted by Gasteiger charge is -2.50. The van der Waals surface area contributed by atoms with E-state index in [1.165, 1.54) is 37.4 Å². The minimum atomic E-state index is -1.57. The number of ether oxygens (including phenoxy) is 1. The molecular weight excluding hydrogens is 605 g/mol. The molecule has 3 N–H and O–H groups in total. The molecule has 2 aliphatic carbocycles. The molecule has 0 bridgehead atoms. The number of anilines is 1. The number of fused-ring (bicyclic) bond motifs is 4. The maximum absolute atomic E-state index is 15.0. The number of hydroxylamine groups is 2. The summed E-state index contributed by atoms with van der Waals surface area (Å²) in [5.74, 6) is -7.43. The highest BCUT2D eigenvalue weighted by atomic mass is 35.5. The molecule has 3 aromatic carbocycles. The number of benzene rings is 3. The molecule has 4 aliphatic rings. The van der Waals surface area contributed by atoms with E-state index in [4.69, 9.17) is 16.3 Å². The fourth-order valence-electron chi connectivity index (χ4n) is 7.89. The molecule has 1 saturated carbocycles. The summed E-state index contributed by atoms with van der Waals surface area (Å²) in [6.07, 6.45) is 2.01. The van der Waals surface area contributed by atoms with Gasteiger partial charge < -0.3 is 9.84 Å². The number of allylic oxidation sites excluding steroid dienone is 2. The zero-order valence-electron chi connectivity index (χ0n) is 23.8. The minimum Gasteiger partial charge on any atom is -0.504 e. The van der Waals surface area contributed by atoms with Crippen LogP contribution in [0.2, 0.25) is 5.02 Å². The first-order valence-electron chi connectivity index (χ1n) is 14.4. The van der Waals surface area contributed by atoms with Crippen molar-refractivity contribution in [3.63, 3.8) is 0 Å². The molecule has 2 aliphatic heterocycles. The molecule has 2 saturated heterocycles. The Morgan fingerprint density at radius 1 is 0.956 bits per heavy atom.